The average Bonchev–Trinajstić information content (AvgIpc) is 2.48. The van der Waals surface area contributed by atoms with Crippen LogP contribution in [0.15, 0.2) is 42.5 Å². The molecule has 0 heterocycles. The number of nitro groups is 1. The lowest BCUT2D eigenvalue weighted by molar-refractivity contribution is -0.385. The number of halogens is 1. The van der Waals surface area contributed by atoms with Crippen LogP contribution in [-0.4, -0.2) is 17.9 Å². The number of nitrogens with one attached hydrogen (secondary N) is 1. The highest BCUT2D eigenvalue weighted by Crippen LogP contribution is 2.27. The maximum Gasteiger partial charge on any atom is 0.311 e. The van der Waals surface area contributed by atoms with Gasteiger partial charge in [-0.15, -0.1) is 0 Å². The Kier molecular flexibility index (Phi) is 4.73. The molecular formula is C14H11IN2O4. The fourth-order valence-corrected chi connectivity index (χ4v) is 2.07. The van der Waals surface area contributed by atoms with Crippen LogP contribution in [0.25, 0.3) is 0 Å². The Morgan fingerprint density at radius 2 is 1.90 bits per heavy atom. The number of ether oxygens (including phenoxy) is 1. The van der Waals surface area contributed by atoms with Crippen molar-refractivity contribution < 1.29 is 14.5 Å². The second-order valence-electron chi connectivity index (χ2n) is 4.10. The zero-order chi connectivity index (χ0) is 15.4. The van der Waals surface area contributed by atoms with Gasteiger partial charge >= 0.3 is 5.69 Å². The molecule has 2 rings (SSSR count). The van der Waals surface area contributed by atoms with E-state index in [4.69, 9.17) is 4.74 Å². The Bertz CT molecular complexity index is 686. The minimum Gasteiger partial charge on any atom is -0.490 e. The number of hydrogen-bond acceptors (Lipinski definition) is 4. The van der Waals surface area contributed by atoms with Crippen LogP contribution >= 0.6 is 22.6 Å². The van der Waals surface area contributed by atoms with Gasteiger partial charge in [-0.3, -0.25) is 14.9 Å². The van der Waals surface area contributed by atoms with Crippen molar-refractivity contribution in [2.45, 2.75) is 0 Å². The van der Waals surface area contributed by atoms with E-state index < -0.39 is 10.8 Å². The van der Waals surface area contributed by atoms with Gasteiger partial charge in [0, 0.05) is 20.9 Å². The zero-order valence-electron chi connectivity index (χ0n) is 11.0. The summed E-state index contributed by atoms with van der Waals surface area (Å²) in [6.45, 7) is 0. The lowest BCUT2D eigenvalue weighted by atomic mass is 10.1. The molecule has 0 aliphatic rings. The van der Waals surface area contributed by atoms with Crippen LogP contribution < -0.4 is 10.1 Å². The molecule has 0 saturated heterocycles. The number of methoxy groups -OCH3 is 1. The second-order valence-corrected chi connectivity index (χ2v) is 5.35. The molecule has 0 radical (unpaired) electrons. The Balaban J connectivity index is 2.25. The fraction of sp³-hybridized carbons (Fsp3) is 0.0714. The molecule has 1 amide bonds. The quantitative estimate of drug-likeness (QED) is 0.486. The number of rotatable bonds is 4. The number of anilines is 1. The summed E-state index contributed by atoms with van der Waals surface area (Å²) < 4.78 is 5.95. The van der Waals surface area contributed by atoms with Gasteiger partial charge in [-0.1, -0.05) is 0 Å². The number of carbonyl (C=O) groups excluding carboxylic acids is 1. The summed E-state index contributed by atoms with van der Waals surface area (Å²) in [6, 6.07) is 11.3. The predicted octanol–water partition coefficient (Wildman–Crippen LogP) is 3.46. The summed E-state index contributed by atoms with van der Waals surface area (Å²) in [7, 11) is 1.34. The first-order valence-electron chi connectivity index (χ1n) is 5.90. The number of benzene rings is 2. The fourth-order valence-electron chi connectivity index (χ4n) is 1.71. The molecule has 0 spiro atoms. The molecule has 6 nitrogen and oxygen atoms in total. The van der Waals surface area contributed by atoms with E-state index in [2.05, 4.69) is 27.9 Å². The third kappa shape index (κ3) is 3.69. The van der Waals surface area contributed by atoms with Gasteiger partial charge in [0.25, 0.3) is 5.91 Å². The van der Waals surface area contributed by atoms with Crippen molar-refractivity contribution in [2.75, 3.05) is 12.4 Å². The predicted molar refractivity (Wildman–Crippen MR) is 86.8 cm³/mol. The normalized spacial score (nSPS) is 10.0. The first-order chi connectivity index (χ1) is 10.0. The average molecular weight is 398 g/mol. The smallest absolute Gasteiger partial charge is 0.311 e. The number of nitro benzene ring substituents is 1. The Morgan fingerprint density at radius 3 is 2.48 bits per heavy atom. The van der Waals surface area contributed by atoms with Gasteiger partial charge in [0.1, 0.15) is 0 Å². The first-order valence-corrected chi connectivity index (χ1v) is 6.98. The molecule has 21 heavy (non-hydrogen) atoms. The van der Waals surface area contributed by atoms with Crippen molar-refractivity contribution in [1.82, 2.24) is 0 Å². The number of amides is 1. The molecule has 0 saturated carbocycles. The minimum atomic E-state index is -0.583. The maximum atomic E-state index is 12.1. The van der Waals surface area contributed by atoms with Crippen LogP contribution in [0.4, 0.5) is 11.4 Å². The van der Waals surface area contributed by atoms with Crippen LogP contribution in [0.1, 0.15) is 10.4 Å². The Labute approximate surface area is 134 Å². The summed E-state index contributed by atoms with van der Waals surface area (Å²) in [5.74, 6) is -0.298. The van der Waals surface area contributed by atoms with Gasteiger partial charge in [0.2, 0.25) is 0 Å². The van der Waals surface area contributed by atoms with Crippen molar-refractivity contribution in [3.8, 4) is 5.75 Å². The van der Waals surface area contributed by atoms with Gasteiger partial charge < -0.3 is 10.1 Å². The van der Waals surface area contributed by atoms with E-state index >= 15 is 0 Å². The van der Waals surface area contributed by atoms with E-state index in [0.717, 1.165) is 3.57 Å². The Morgan fingerprint density at radius 1 is 1.24 bits per heavy atom. The molecule has 0 aliphatic heterocycles. The van der Waals surface area contributed by atoms with Crippen LogP contribution in [-0.2, 0) is 0 Å². The summed E-state index contributed by atoms with van der Waals surface area (Å²) >= 11 is 2.16. The van der Waals surface area contributed by atoms with Crippen molar-refractivity contribution in [3.63, 3.8) is 0 Å². The zero-order valence-corrected chi connectivity index (χ0v) is 13.2. The molecule has 0 unspecified atom stereocenters. The van der Waals surface area contributed by atoms with E-state index in [9.17, 15) is 14.9 Å². The third-order valence-corrected chi connectivity index (χ3v) is 3.46. The molecular weight excluding hydrogens is 387 g/mol. The molecule has 0 bridgehead atoms. The molecule has 2 aromatic rings. The minimum absolute atomic E-state index is 0.116. The van der Waals surface area contributed by atoms with Gasteiger partial charge in [-0.05, 0) is 59.0 Å². The van der Waals surface area contributed by atoms with Crippen LogP contribution in [0, 0.1) is 13.7 Å². The molecule has 0 aliphatic carbocycles. The SMILES string of the molecule is COc1ccc(C(=O)Nc2ccc(I)cc2)cc1[N+](=O)[O-]. The largest absolute Gasteiger partial charge is 0.490 e. The van der Waals surface area contributed by atoms with Crippen molar-refractivity contribution in [3.05, 3.63) is 61.7 Å². The number of nitrogens with zero attached hydrogens (tertiary/aromatic N) is 1. The molecule has 7 heteroatoms. The lowest BCUT2D eigenvalue weighted by Gasteiger charge is -2.07. The highest BCUT2D eigenvalue weighted by Gasteiger charge is 2.18. The molecule has 0 atom stereocenters. The van der Waals surface area contributed by atoms with E-state index in [1.807, 2.05) is 12.1 Å². The van der Waals surface area contributed by atoms with Crippen LogP contribution in [0.2, 0.25) is 0 Å². The standard InChI is InChI=1S/C14H11IN2O4/c1-21-13-7-2-9(8-12(13)17(19)20)14(18)16-11-5-3-10(15)4-6-11/h2-8H,1H3,(H,16,18). The van der Waals surface area contributed by atoms with Crippen molar-refractivity contribution in [1.29, 1.82) is 0 Å². The summed E-state index contributed by atoms with van der Waals surface area (Å²) in [5, 5.41) is 13.6. The lowest BCUT2D eigenvalue weighted by Crippen LogP contribution is -2.12. The number of hydrogen-bond donors (Lipinski definition) is 1. The van der Waals surface area contributed by atoms with E-state index in [-0.39, 0.29) is 17.0 Å². The third-order valence-electron chi connectivity index (χ3n) is 2.74. The molecule has 0 fully saturated rings. The molecule has 108 valence electrons. The van der Waals surface area contributed by atoms with E-state index in [0.29, 0.717) is 5.69 Å². The second kappa shape index (κ2) is 6.53. The van der Waals surface area contributed by atoms with Crippen molar-refractivity contribution >= 4 is 39.9 Å². The maximum absolute atomic E-state index is 12.1. The first kappa shape index (κ1) is 15.2. The molecule has 2 aromatic carbocycles. The topological polar surface area (TPSA) is 81.5 Å². The van der Waals surface area contributed by atoms with Crippen LogP contribution in [0.5, 0.6) is 5.75 Å². The summed E-state index contributed by atoms with van der Waals surface area (Å²) in [5.41, 5.74) is 0.577. The van der Waals surface area contributed by atoms with Gasteiger partial charge in [0.15, 0.2) is 5.75 Å². The molecule has 1 N–H and O–H groups in total. The highest BCUT2D eigenvalue weighted by atomic mass is 127. The van der Waals surface area contributed by atoms with Gasteiger partial charge in [-0.25, -0.2) is 0 Å². The van der Waals surface area contributed by atoms with E-state index in [1.165, 1.54) is 25.3 Å². The highest BCUT2D eigenvalue weighted by molar-refractivity contribution is 14.1. The molecule has 0 aromatic heterocycles. The van der Waals surface area contributed by atoms with Gasteiger partial charge in [0.05, 0.1) is 12.0 Å². The monoisotopic (exact) mass is 398 g/mol. The Hall–Kier alpha value is -2.16. The van der Waals surface area contributed by atoms with Crippen LogP contribution in [0.3, 0.4) is 0 Å². The van der Waals surface area contributed by atoms with Gasteiger partial charge in [-0.2, -0.15) is 0 Å². The summed E-state index contributed by atoms with van der Waals surface area (Å²) in [6.07, 6.45) is 0. The number of carbonyl (C=O) groups is 1. The summed E-state index contributed by atoms with van der Waals surface area (Å²) in [4.78, 5) is 22.5. The van der Waals surface area contributed by atoms with Crippen molar-refractivity contribution in [2.24, 2.45) is 0 Å². The van der Waals surface area contributed by atoms with E-state index in [1.54, 1.807) is 12.1 Å².